The van der Waals surface area contributed by atoms with Crippen molar-refractivity contribution in [3.05, 3.63) is 64.0 Å². The van der Waals surface area contributed by atoms with Crippen LogP contribution in [0.5, 0.6) is 17.4 Å². The van der Waals surface area contributed by atoms with Gasteiger partial charge in [-0.15, -0.1) is 11.3 Å². The van der Waals surface area contributed by atoms with Crippen LogP contribution in [0.25, 0.3) is 0 Å². The summed E-state index contributed by atoms with van der Waals surface area (Å²) in [6, 6.07) is 7.11. The Morgan fingerprint density at radius 1 is 1.00 bits per heavy atom. The first-order valence-electron chi connectivity index (χ1n) is 17.0. The quantitative estimate of drug-likeness (QED) is 0.211. The molecule has 294 valence electrons. The summed E-state index contributed by atoms with van der Waals surface area (Å²) in [5.74, 6) is -4.14. The van der Waals surface area contributed by atoms with Gasteiger partial charge in [0, 0.05) is 56.8 Å². The SMILES string of the molecule is CCC[C@H]1N(C(=O)c2c(C(F)(F)F)ccnc2OCC(=O)O)CCC[C@@]1(Oc1csc(C(F)(F)F)c1)C(=O)N1CCN(c2ccccc2OCCO)CC1. The van der Waals surface area contributed by atoms with Crippen LogP contribution in [0.2, 0.25) is 0 Å². The van der Waals surface area contributed by atoms with E-state index in [0.717, 1.165) is 22.5 Å². The summed E-state index contributed by atoms with van der Waals surface area (Å²) in [6.45, 7) is 1.07. The van der Waals surface area contributed by atoms with Crippen molar-refractivity contribution >= 4 is 34.8 Å². The normalized spacial score (nSPS) is 19.4. The number of halogens is 6. The van der Waals surface area contributed by atoms with Gasteiger partial charge in [-0.2, -0.15) is 26.3 Å². The van der Waals surface area contributed by atoms with Crippen LogP contribution in [-0.2, 0) is 21.9 Å². The van der Waals surface area contributed by atoms with E-state index in [0.29, 0.717) is 28.8 Å². The highest BCUT2D eigenvalue weighted by atomic mass is 32.1. The zero-order valence-electron chi connectivity index (χ0n) is 29.0. The fraction of sp³-hybridized carbons (Fsp3) is 0.486. The maximum absolute atomic E-state index is 14.9. The molecule has 2 fully saturated rings. The second-order valence-corrected chi connectivity index (χ2v) is 13.5. The number of aliphatic hydroxyl groups excluding tert-OH is 1. The lowest BCUT2D eigenvalue weighted by atomic mass is 9.79. The third-order valence-corrected chi connectivity index (χ3v) is 10.0. The Kier molecular flexibility index (Phi) is 12.5. The van der Waals surface area contributed by atoms with Gasteiger partial charge >= 0.3 is 18.3 Å². The minimum Gasteiger partial charge on any atom is -0.489 e. The monoisotopic (exact) mass is 788 g/mol. The van der Waals surface area contributed by atoms with Crippen LogP contribution in [0, 0.1) is 0 Å². The van der Waals surface area contributed by atoms with Gasteiger partial charge in [-0.05, 0) is 31.0 Å². The highest BCUT2D eigenvalue weighted by Crippen LogP contribution is 2.44. The molecule has 2 aliphatic heterocycles. The van der Waals surface area contributed by atoms with Gasteiger partial charge < -0.3 is 39.1 Å². The van der Waals surface area contributed by atoms with Crippen LogP contribution in [0.3, 0.4) is 0 Å². The molecule has 0 aliphatic carbocycles. The molecule has 3 aromatic rings. The molecule has 2 aromatic heterocycles. The van der Waals surface area contributed by atoms with E-state index in [2.05, 4.69) is 4.98 Å². The van der Waals surface area contributed by atoms with E-state index in [-0.39, 0.29) is 77.4 Å². The van der Waals surface area contributed by atoms with Crippen molar-refractivity contribution in [2.45, 2.75) is 56.6 Å². The number of rotatable bonds is 13. The number of amides is 2. The van der Waals surface area contributed by atoms with Gasteiger partial charge in [0.15, 0.2) is 6.61 Å². The first-order chi connectivity index (χ1) is 25.6. The van der Waals surface area contributed by atoms with E-state index in [9.17, 15) is 45.8 Å². The molecular formula is C35H38F6N4O8S. The van der Waals surface area contributed by atoms with Gasteiger partial charge in [-0.1, -0.05) is 25.5 Å². The van der Waals surface area contributed by atoms with Crippen molar-refractivity contribution < 1.29 is 65.1 Å². The molecule has 0 radical (unpaired) electrons. The van der Waals surface area contributed by atoms with Gasteiger partial charge in [-0.25, -0.2) is 9.78 Å². The van der Waals surface area contributed by atoms with Gasteiger partial charge in [0.2, 0.25) is 11.5 Å². The zero-order chi connectivity index (χ0) is 39.3. The van der Waals surface area contributed by atoms with Crippen LogP contribution in [0.4, 0.5) is 32.0 Å². The number of piperazine rings is 1. The number of aliphatic carboxylic acids is 1. The Morgan fingerprint density at radius 2 is 1.72 bits per heavy atom. The Labute approximate surface area is 309 Å². The van der Waals surface area contributed by atoms with Gasteiger partial charge in [0.05, 0.1) is 23.9 Å². The topological polar surface area (TPSA) is 142 Å². The van der Waals surface area contributed by atoms with E-state index in [1.165, 1.54) is 4.90 Å². The van der Waals surface area contributed by atoms with Crippen LogP contribution < -0.4 is 19.1 Å². The first-order valence-corrected chi connectivity index (χ1v) is 17.9. The molecule has 54 heavy (non-hydrogen) atoms. The number of para-hydroxylation sites is 2. The molecule has 2 saturated heterocycles. The fourth-order valence-electron chi connectivity index (χ4n) is 6.82. The van der Waals surface area contributed by atoms with E-state index >= 15 is 0 Å². The van der Waals surface area contributed by atoms with Crippen LogP contribution >= 0.6 is 11.3 Å². The number of nitrogens with zero attached hydrogens (tertiary/aromatic N) is 4. The average molecular weight is 789 g/mol. The maximum atomic E-state index is 14.9. The summed E-state index contributed by atoms with van der Waals surface area (Å²) in [4.78, 5) is 47.7. The number of carboxylic acid groups (broad SMARTS) is 1. The highest BCUT2D eigenvalue weighted by Gasteiger charge is 2.56. The molecule has 0 unspecified atom stereocenters. The first kappa shape index (κ1) is 40.4. The molecule has 19 heteroatoms. The van der Waals surface area contributed by atoms with Gasteiger partial charge in [-0.3, -0.25) is 9.59 Å². The Bertz CT molecular complexity index is 1800. The molecule has 5 rings (SSSR count). The molecule has 2 atom stereocenters. The number of thiophene rings is 1. The standard InChI is InChI=1S/C35H38F6N4O8S/c1-2-6-26-33(53-22-19-27(54-21-22)35(39,40)41,32(50)44-15-13-43(14-16-44)24-7-3-4-8-25(24)51-18-17-46)10-5-12-45(26)31(49)29-23(34(36,37)38)9-11-42-30(29)52-20-28(47)48/h3-4,7-9,11,19,21,26,46H,2,5-6,10,12-18,20H2,1H3,(H,47,48)/t26-,33+/m1/s1. The lowest BCUT2D eigenvalue weighted by Crippen LogP contribution is -2.69. The largest absolute Gasteiger partial charge is 0.489 e. The molecule has 0 saturated carbocycles. The molecule has 2 amide bonds. The van der Waals surface area contributed by atoms with Crippen LogP contribution in [0.15, 0.2) is 48.0 Å². The number of aliphatic hydroxyl groups is 1. The lowest BCUT2D eigenvalue weighted by molar-refractivity contribution is -0.159. The predicted octanol–water partition coefficient (Wildman–Crippen LogP) is 5.59. The number of benzene rings is 1. The number of ether oxygens (including phenoxy) is 3. The molecular weight excluding hydrogens is 750 g/mol. The van der Waals surface area contributed by atoms with Gasteiger partial charge in [0.25, 0.3) is 11.8 Å². The van der Waals surface area contributed by atoms with Crippen molar-refractivity contribution in [1.29, 1.82) is 0 Å². The number of carboxylic acids is 1. The van der Waals surface area contributed by atoms with Crippen LogP contribution in [0.1, 0.15) is 53.4 Å². The summed E-state index contributed by atoms with van der Waals surface area (Å²) < 4.78 is 101. The van der Waals surface area contributed by atoms with E-state index in [1.54, 1.807) is 25.1 Å². The van der Waals surface area contributed by atoms with Crippen molar-refractivity contribution in [2.75, 3.05) is 57.4 Å². The number of piperidine rings is 1. The number of carbonyl (C=O) groups is 3. The average Bonchev–Trinajstić information content (AvgIpc) is 3.62. The third-order valence-electron chi connectivity index (χ3n) is 9.09. The number of aromatic nitrogens is 1. The molecule has 0 spiro atoms. The molecule has 4 heterocycles. The minimum absolute atomic E-state index is 0.00376. The van der Waals surface area contributed by atoms with Crippen molar-refractivity contribution in [3.8, 4) is 17.4 Å². The van der Waals surface area contributed by atoms with Crippen molar-refractivity contribution in [2.24, 2.45) is 0 Å². The smallest absolute Gasteiger partial charge is 0.425 e. The number of hydrogen-bond donors (Lipinski definition) is 2. The zero-order valence-corrected chi connectivity index (χ0v) is 29.8. The molecule has 2 N–H and O–H groups in total. The Balaban J connectivity index is 1.55. The van der Waals surface area contributed by atoms with E-state index in [4.69, 9.17) is 19.3 Å². The summed E-state index contributed by atoms with van der Waals surface area (Å²) in [6.07, 6.45) is -8.91. The molecule has 0 bridgehead atoms. The maximum Gasteiger partial charge on any atom is 0.425 e. The second-order valence-electron chi connectivity index (χ2n) is 12.6. The third kappa shape index (κ3) is 8.77. The second kappa shape index (κ2) is 16.7. The summed E-state index contributed by atoms with van der Waals surface area (Å²) >= 11 is 0.341. The minimum atomic E-state index is -5.11. The van der Waals surface area contributed by atoms with Gasteiger partial charge in [0.1, 0.15) is 28.5 Å². The number of alkyl halides is 6. The predicted molar refractivity (Wildman–Crippen MR) is 182 cm³/mol. The summed E-state index contributed by atoms with van der Waals surface area (Å²) in [7, 11) is 0. The number of hydrogen-bond acceptors (Lipinski definition) is 10. The number of pyridine rings is 1. The molecule has 2 aliphatic rings. The molecule has 12 nitrogen and oxygen atoms in total. The summed E-state index contributed by atoms with van der Waals surface area (Å²) in [5.41, 5.74) is -3.85. The number of likely N-dealkylation sites (tertiary alicyclic amines) is 1. The van der Waals surface area contributed by atoms with Crippen molar-refractivity contribution in [3.63, 3.8) is 0 Å². The van der Waals surface area contributed by atoms with E-state index in [1.807, 2.05) is 11.0 Å². The highest BCUT2D eigenvalue weighted by molar-refractivity contribution is 7.10. The van der Waals surface area contributed by atoms with E-state index < -0.39 is 70.3 Å². The number of anilines is 1. The number of carbonyl (C=O) groups excluding carboxylic acids is 2. The Hall–Kier alpha value is -4.78. The summed E-state index contributed by atoms with van der Waals surface area (Å²) in [5, 5.41) is 19.5. The fourth-order valence-corrected chi connectivity index (χ4v) is 7.50. The Morgan fingerprint density at radius 3 is 2.35 bits per heavy atom. The van der Waals surface area contributed by atoms with Crippen LogP contribution in [-0.4, -0.2) is 107 Å². The lowest BCUT2D eigenvalue weighted by Gasteiger charge is -2.51. The van der Waals surface area contributed by atoms with Crippen molar-refractivity contribution in [1.82, 2.24) is 14.8 Å². The molecule has 1 aromatic carbocycles.